The Kier molecular flexibility index (Phi) is 11.3. The minimum Gasteiger partial charge on any atom is -0.394 e. The van der Waals surface area contributed by atoms with E-state index in [0.717, 1.165) is 0 Å². The van der Waals surface area contributed by atoms with E-state index in [1.807, 2.05) is 20.6 Å². The van der Waals surface area contributed by atoms with E-state index in [1.165, 1.54) is 0 Å². The molecule has 0 spiro atoms. The van der Waals surface area contributed by atoms with Crippen molar-refractivity contribution in [3.05, 3.63) is 0 Å². The Morgan fingerprint density at radius 1 is 1.33 bits per heavy atom. The second kappa shape index (κ2) is 10.0. The predicted molar refractivity (Wildman–Crippen MR) is 56.5 cm³/mol. The molecule has 0 amide bonds. The summed E-state index contributed by atoms with van der Waals surface area (Å²) in [6.45, 7) is 7.56. The van der Waals surface area contributed by atoms with Crippen molar-refractivity contribution in [1.82, 2.24) is 0 Å². The fraction of sp³-hybridized carbons (Fsp3) is 0.900. The van der Waals surface area contributed by atoms with Crippen LogP contribution in [-0.4, -0.2) is 53.1 Å². The first-order chi connectivity index (χ1) is 7.15. The lowest BCUT2D eigenvalue weighted by Gasteiger charge is -2.34. The van der Waals surface area contributed by atoms with E-state index in [1.54, 1.807) is 6.92 Å². The van der Waals surface area contributed by atoms with Crippen LogP contribution >= 0.6 is 0 Å². The Labute approximate surface area is 90.7 Å². The highest BCUT2D eigenvalue weighted by Crippen LogP contribution is 2.19. The fourth-order valence-corrected chi connectivity index (χ4v) is 1.31. The van der Waals surface area contributed by atoms with E-state index in [-0.39, 0.29) is 12.7 Å². The van der Waals surface area contributed by atoms with E-state index in [9.17, 15) is 10.2 Å². The molecule has 0 aromatic carbocycles. The van der Waals surface area contributed by atoms with Gasteiger partial charge >= 0.3 is 0 Å². The number of ether oxygens (including phenoxy) is 1. The van der Waals surface area contributed by atoms with Crippen molar-refractivity contribution in [2.24, 2.45) is 0 Å². The van der Waals surface area contributed by atoms with Crippen LogP contribution in [0.3, 0.4) is 0 Å². The summed E-state index contributed by atoms with van der Waals surface area (Å²) in [6.07, 6.45) is -2.01. The van der Waals surface area contributed by atoms with Crippen molar-refractivity contribution in [2.75, 3.05) is 6.61 Å². The molecule has 4 unspecified atom stereocenters. The van der Waals surface area contributed by atoms with E-state index < -0.39 is 18.3 Å². The minimum absolute atomic E-state index is 0.0921. The van der Waals surface area contributed by atoms with Gasteiger partial charge < -0.3 is 24.9 Å². The molecule has 92 valence electrons. The van der Waals surface area contributed by atoms with Gasteiger partial charge in [-0.2, -0.15) is 0 Å². The molecule has 1 saturated heterocycles. The SMILES string of the molecule is C=O.CC.CC1CC(O)C(O)C(CO)O1. The Morgan fingerprint density at radius 3 is 2.20 bits per heavy atom. The van der Waals surface area contributed by atoms with Crippen LogP contribution in [0.1, 0.15) is 27.2 Å². The molecule has 0 saturated carbocycles. The molecular weight excluding hydrogens is 200 g/mol. The van der Waals surface area contributed by atoms with E-state index in [4.69, 9.17) is 14.6 Å². The average molecular weight is 222 g/mol. The van der Waals surface area contributed by atoms with E-state index >= 15 is 0 Å². The number of hydrogen-bond donors (Lipinski definition) is 3. The second-order valence-corrected chi connectivity index (χ2v) is 2.96. The second-order valence-electron chi connectivity index (χ2n) is 2.96. The van der Waals surface area contributed by atoms with Crippen molar-refractivity contribution in [3.63, 3.8) is 0 Å². The number of hydrogen-bond acceptors (Lipinski definition) is 5. The maximum Gasteiger partial charge on any atom is 0.109 e. The molecule has 0 radical (unpaired) electrons. The minimum atomic E-state index is -0.948. The maximum atomic E-state index is 9.22. The van der Waals surface area contributed by atoms with Crippen LogP contribution in [0.5, 0.6) is 0 Å². The van der Waals surface area contributed by atoms with Crippen LogP contribution in [0.15, 0.2) is 0 Å². The Morgan fingerprint density at radius 2 is 1.80 bits per heavy atom. The monoisotopic (exact) mass is 222 g/mol. The molecule has 0 aliphatic carbocycles. The summed E-state index contributed by atoms with van der Waals surface area (Å²) in [5, 5.41) is 27.1. The van der Waals surface area contributed by atoms with Crippen molar-refractivity contribution in [3.8, 4) is 0 Å². The van der Waals surface area contributed by atoms with Crippen molar-refractivity contribution >= 4 is 6.79 Å². The van der Waals surface area contributed by atoms with E-state index in [0.29, 0.717) is 6.42 Å². The number of carbonyl (C=O) groups excluding carboxylic acids is 1. The Balaban J connectivity index is 0. The molecule has 4 atom stereocenters. The van der Waals surface area contributed by atoms with Crippen molar-refractivity contribution < 1.29 is 24.9 Å². The lowest BCUT2D eigenvalue weighted by molar-refractivity contribution is -0.174. The third-order valence-electron chi connectivity index (χ3n) is 1.94. The summed E-state index contributed by atoms with van der Waals surface area (Å²) >= 11 is 0. The molecular formula is C10H22O5. The first-order valence-corrected chi connectivity index (χ1v) is 5.06. The molecule has 1 rings (SSSR count). The smallest absolute Gasteiger partial charge is 0.109 e. The number of aliphatic hydroxyl groups excluding tert-OH is 3. The average Bonchev–Trinajstić information content (AvgIpc) is 2.29. The van der Waals surface area contributed by atoms with Gasteiger partial charge in [0.15, 0.2) is 0 Å². The van der Waals surface area contributed by atoms with Gasteiger partial charge in [-0.25, -0.2) is 0 Å². The Bertz CT molecular complexity index is 142. The van der Waals surface area contributed by atoms with Gasteiger partial charge in [0.05, 0.1) is 18.8 Å². The van der Waals surface area contributed by atoms with Gasteiger partial charge in [-0.1, -0.05) is 13.8 Å². The standard InChI is InChI=1S/C7H14O4.C2H6.CH2O/c1-4-2-5(9)7(10)6(3-8)11-4;2*1-2/h4-10H,2-3H2,1H3;1-2H3;1H2. The first kappa shape index (κ1) is 16.9. The van der Waals surface area contributed by atoms with Crippen LogP contribution in [0.2, 0.25) is 0 Å². The van der Waals surface area contributed by atoms with Crippen molar-refractivity contribution in [2.45, 2.75) is 51.6 Å². The molecule has 15 heavy (non-hydrogen) atoms. The van der Waals surface area contributed by atoms with Gasteiger partial charge in [0, 0.05) is 6.42 Å². The number of rotatable bonds is 1. The van der Waals surface area contributed by atoms with Crippen LogP contribution < -0.4 is 0 Å². The summed E-state index contributed by atoms with van der Waals surface area (Å²) in [5.74, 6) is 0. The van der Waals surface area contributed by atoms with Crippen molar-refractivity contribution in [1.29, 1.82) is 0 Å². The number of carbonyl (C=O) groups is 1. The third-order valence-corrected chi connectivity index (χ3v) is 1.94. The van der Waals surface area contributed by atoms with Gasteiger partial charge in [-0.05, 0) is 6.92 Å². The summed E-state index contributed by atoms with van der Waals surface area (Å²) in [7, 11) is 0. The fourth-order valence-electron chi connectivity index (χ4n) is 1.31. The Hall–Kier alpha value is -0.490. The summed E-state index contributed by atoms with van der Waals surface area (Å²) in [5.41, 5.74) is 0. The third kappa shape index (κ3) is 5.84. The van der Waals surface area contributed by atoms with Gasteiger partial charge in [0.2, 0.25) is 0 Å². The van der Waals surface area contributed by atoms with E-state index in [2.05, 4.69) is 0 Å². The lowest BCUT2D eigenvalue weighted by atomic mass is 9.99. The van der Waals surface area contributed by atoms with Gasteiger partial charge in [-0.15, -0.1) is 0 Å². The molecule has 0 aromatic rings. The topological polar surface area (TPSA) is 87.0 Å². The highest BCUT2D eigenvalue weighted by Gasteiger charge is 2.34. The highest BCUT2D eigenvalue weighted by atomic mass is 16.5. The largest absolute Gasteiger partial charge is 0.394 e. The zero-order valence-electron chi connectivity index (χ0n) is 9.59. The van der Waals surface area contributed by atoms with Crippen LogP contribution in [0.4, 0.5) is 0 Å². The quantitative estimate of drug-likeness (QED) is 0.568. The molecule has 1 aliphatic heterocycles. The van der Waals surface area contributed by atoms with Gasteiger partial charge in [0.1, 0.15) is 19.0 Å². The molecule has 1 heterocycles. The molecule has 1 fully saturated rings. The summed E-state index contributed by atoms with van der Waals surface area (Å²) < 4.78 is 5.16. The molecule has 3 N–H and O–H groups in total. The van der Waals surface area contributed by atoms with Crippen LogP contribution in [0, 0.1) is 0 Å². The molecule has 5 nitrogen and oxygen atoms in total. The zero-order valence-corrected chi connectivity index (χ0v) is 9.59. The molecule has 0 aromatic heterocycles. The van der Waals surface area contributed by atoms with Crippen LogP contribution in [-0.2, 0) is 9.53 Å². The highest BCUT2D eigenvalue weighted by molar-refractivity contribution is 5.10. The molecule has 1 aliphatic rings. The number of aliphatic hydroxyl groups is 3. The van der Waals surface area contributed by atoms with Crippen LogP contribution in [0.25, 0.3) is 0 Å². The maximum absolute atomic E-state index is 9.22. The van der Waals surface area contributed by atoms with Gasteiger partial charge in [0.25, 0.3) is 0 Å². The van der Waals surface area contributed by atoms with Gasteiger partial charge in [-0.3, -0.25) is 0 Å². The summed E-state index contributed by atoms with van der Waals surface area (Å²) in [4.78, 5) is 8.00. The lowest BCUT2D eigenvalue weighted by Crippen LogP contribution is -2.49. The zero-order chi connectivity index (χ0) is 12.4. The first-order valence-electron chi connectivity index (χ1n) is 5.06. The predicted octanol–water partition coefficient (Wildman–Crippen LogP) is -0.281. The normalized spacial score (nSPS) is 34.3. The summed E-state index contributed by atoms with van der Waals surface area (Å²) in [6, 6.07) is 0. The molecule has 0 bridgehead atoms. The molecule has 5 heteroatoms.